The van der Waals surface area contributed by atoms with Gasteiger partial charge in [-0.15, -0.1) is 0 Å². The zero-order valence-electron chi connectivity index (χ0n) is 12.4. The van der Waals surface area contributed by atoms with Crippen LogP contribution in [-0.4, -0.2) is 21.0 Å². The lowest BCUT2D eigenvalue weighted by Gasteiger charge is -2.04. The number of nitrogens with zero attached hydrogens (tertiary/aromatic N) is 2. The first kappa shape index (κ1) is 14.0. The fourth-order valence-electron chi connectivity index (χ4n) is 2.28. The van der Waals surface area contributed by atoms with Gasteiger partial charge in [-0.2, -0.15) is 0 Å². The Labute approximate surface area is 136 Å². The highest BCUT2D eigenvalue weighted by Gasteiger charge is 2.15. The maximum Gasteiger partial charge on any atom is 0.277 e. The fraction of sp³-hybridized carbons (Fsp3) is 0. The third kappa shape index (κ3) is 2.70. The monoisotopic (exact) mass is 320 g/mol. The van der Waals surface area contributed by atoms with E-state index in [1.54, 1.807) is 30.6 Å². The summed E-state index contributed by atoms with van der Waals surface area (Å²) in [5, 5.41) is 6.56. The Kier molecular flexibility index (Phi) is 3.43. The van der Waals surface area contributed by atoms with Crippen LogP contribution in [0.5, 0.6) is 0 Å². The van der Waals surface area contributed by atoms with Crippen LogP contribution < -0.4 is 5.32 Å². The molecule has 0 atom stereocenters. The number of benzene rings is 1. The van der Waals surface area contributed by atoms with E-state index in [-0.39, 0.29) is 11.6 Å². The molecular weight excluding hydrogens is 308 g/mol. The van der Waals surface area contributed by atoms with Crippen molar-refractivity contribution in [3.63, 3.8) is 0 Å². The average molecular weight is 320 g/mol. The van der Waals surface area contributed by atoms with Crippen LogP contribution in [0.2, 0.25) is 0 Å². The van der Waals surface area contributed by atoms with Crippen molar-refractivity contribution in [1.29, 1.82) is 0 Å². The molecule has 0 spiro atoms. The number of rotatable bonds is 4. The van der Waals surface area contributed by atoms with Crippen molar-refractivity contribution in [1.82, 2.24) is 15.1 Å². The molecule has 24 heavy (non-hydrogen) atoms. The summed E-state index contributed by atoms with van der Waals surface area (Å²) in [6.07, 6.45) is 4.94. The number of aromatic nitrogens is 3. The zero-order valence-corrected chi connectivity index (χ0v) is 12.4. The van der Waals surface area contributed by atoms with Crippen molar-refractivity contribution >= 4 is 11.6 Å². The summed E-state index contributed by atoms with van der Waals surface area (Å²) >= 11 is 0. The molecule has 1 amide bonds. The van der Waals surface area contributed by atoms with Gasteiger partial charge in [-0.3, -0.25) is 4.79 Å². The van der Waals surface area contributed by atoms with Crippen molar-refractivity contribution in [3.8, 4) is 22.9 Å². The van der Waals surface area contributed by atoms with E-state index in [1.807, 2.05) is 18.2 Å². The van der Waals surface area contributed by atoms with Crippen LogP contribution in [0, 0.1) is 0 Å². The highest BCUT2D eigenvalue weighted by molar-refractivity contribution is 6.03. The number of carbonyl (C=O) groups excluding carboxylic acids is 1. The Morgan fingerprint density at radius 2 is 2.08 bits per heavy atom. The van der Waals surface area contributed by atoms with E-state index in [0.717, 1.165) is 11.4 Å². The number of H-pyrrole nitrogens is 1. The van der Waals surface area contributed by atoms with Gasteiger partial charge >= 0.3 is 0 Å². The van der Waals surface area contributed by atoms with Crippen molar-refractivity contribution in [2.24, 2.45) is 0 Å². The Bertz CT molecular complexity index is 956. The summed E-state index contributed by atoms with van der Waals surface area (Å²) in [6.45, 7) is 0. The molecule has 3 aromatic heterocycles. The summed E-state index contributed by atoms with van der Waals surface area (Å²) in [7, 11) is 0. The Hall–Kier alpha value is -3.61. The summed E-state index contributed by atoms with van der Waals surface area (Å²) < 4.78 is 10.3. The van der Waals surface area contributed by atoms with Crippen LogP contribution in [0.15, 0.2) is 70.1 Å². The van der Waals surface area contributed by atoms with Gasteiger partial charge in [-0.25, -0.2) is 4.98 Å². The number of hydrogen-bond donors (Lipinski definition) is 2. The molecule has 4 rings (SSSR count). The zero-order chi connectivity index (χ0) is 16.4. The minimum atomic E-state index is -0.367. The number of anilines is 1. The molecule has 7 nitrogen and oxygen atoms in total. The van der Waals surface area contributed by atoms with Crippen LogP contribution in [0.4, 0.5) is 5.69 Å². The van der Waals surface area contributed by atoms with Gasteiger partial charge in [-0.1, -0.05) is 17.3 Å². The predicted molar refractivity (Wildman–Crippen MR) is 86.2 cm³/mol. The van der Waals surface area contributed by atoms with Crippen LogP contribution in [0.25, 0.3) is 22.9 Å². The number of hydrogen-bond acceptors (Lipinski definition) is 5. The number of nitrogens with one attached hydrogen (secondary N) is 2. The van der Waals surface area contributed by atoms with Crippen LogP contribution in [0.1, 0.15) is 10.5 Å². The first-order chi connectivity index (χ1) is 11.8. The second-order valence-corrected chi connectivity index (χ2v) is 5.03. The molecule has 3 heterocycles. The third-order valence-corrected chi connectivity index (χ3v) is 3.40. The summed E-state index contributed by atoms with van der Waals surface area (Å²) in [6, 6.07) is 12.4. The Morgan fingerprint density at radius 3 is 2.88 bits per heavy atom. The minimum Gasteiger partial charge on any atom is -0.461 e. The van der Waals surface area contributed by atoms with E-state index in [4.69, 9.17) is 8.94 Å². The summed E-state index contributed by atoms with van der Waals surface area (Å²) in [5.41, 5.74) is 1.68. The predicted octanol–water partition coefficient (Wildman–Crippen LogP) is 3.58. The van der Waals surface area contributed by atoms with Gasteiger partial charge in [0.15, 0.2) is 11.5 Å². The summed E-state index contributed by atoms with van der Waals surface area (Å²) in [5.74, 6) is 1.27. The molecule has 0 saturated heterocycles. The van der Waals surface area contributed by atoms with E-state index in [2.05, 4.69) is 20.4 Å². The van der Waals surface area contributed by atoms with Crippen LogP contribution >= 0.6 is 0 Å². The van der Waals surface area contributed by atoms with E-state index in [9.17, 15) is 4.79 Å². The molecule has 0 bridgehead atoms. The molecule has 0 saturated carbocycles. The van der Waals surface area contributed by atoms with Crippen molar-refractivity contribution in [3.05, 3.63) is 66.8 Å². The number of imidazole rings is 1. The van der Waals surface area contributed by atoms with Gasteiger partial charge in [0.25, 0.3) is 5.91 Å². The fourth-order valence-corrected chi connectivity index (χ4v) is 2.28. The number of aromatic amines is 1. The molecule has 0 fully saturated rings. The van der Waals surface area contributed by atoms with Gasteiger partial charge in [0, 0.05) is 29.7 Å². The summed E-state index contributed by atoms with van der Waals surface area (Å²) in [4.78, 5) is 19.5. The number of carbonyl (C=O) groups is 1. The highest BCUT2D eigenvalue weighted by Crippen LogP contribution is 2.22. The molecule has 0 radical (unpaired) electrons. The smallest absolute Gasteiger partial charge is 0.277 e. The van der Waals surface area contributed by atoms with Gasteiger partial charge in [0.2, 0.25) is 5.76 Å². The lowest BCUT2D eigenvalue weighted by atomic mass is 10.2. The van der Waals surface area contributed by atoms with E-state index in [0.29, 0.717) is 17.2 Å². The first-order valence-electron chi connectivity index (χ1n) is 7.21. The molecule has 0 aliphatic carbocycles. The van der Waals surface area contributed by atoms with Crippen molar-refractivity contribution < 1.29 is 13.7 Å². The third-order valence-electron chi connectivity index (χ3n) is 3.40. The largest absolute Gasteiger partial charge is 0.461 e. The average Bonchev–Trinajstić information content (AvgIpc) is 3.36. The number of furan rings is 1. The topological polar surface area (TPSA) is 97.0 Å². The molecular formula is C17H12N4O3. The molecule has 1 aromatic carbocycles. The second kappa shape index (κ2) is 5.88. The molecule has 2 N–H and O–H groups in total. The molecule has 0 unspecified atom stereocenters. The second-order valence-electron chi connectivity index (χ2n) is 5.03. The van der Waals surface area contributed by atoms with E-state index in [1.165, 1.54) is 12.3 Å². The van der Waals surface area contributed by atoms with Crippen molar-refractivity contribution in [2.75, 3.05) is 5.32 Å². The Balaban J connectivity index is 1.53. The lowest BCUT2D eigenvalue weighted by Crippen LogP contribution is -2.12. The molecule has 0 aliphatic rings. The van der Waals surface area contributed by atoms with Gasteiger partial charge in [-0.05, 0) is 24.3 Å². The Morgan fingerprint density at radius 1 is 1.12 bits per heavy atom. The maximum absolute atomic E-state index is 12.3. The normalized spacial score (nSPS) is 10.7. The van der Waals surface area contributed by atoms with E-state index >= 15 is 0 Å². The highest BCUT2D eigenvalue weighted by atomic mass is 16.5. The quantitative estimate of drug-likeness (QED) is 0.599. The minimum absolute atomic E-state index is 0.171. The molecule has 118 valence electrons. The van der Waals surface area contributed by atoms with E-state index < -0.39 is 0 Å². The van der Waals surface area contributed by atoms with Crippen LogP contribution in [-0.2, 0) is 0 Å². The maximum atomic E-state index is 12.3. The number of amides is 1. The molecule has 0 aliphatic heterocycles. The van der Waals surface area contributed by atoms with Gasteiger partial charge < -0.3 is 19.2 Å². The SMILES string of the molecule is O=C(Nc1cccc(-c2ncc[nH]2)c1)c1cc(-c2ccco2)on1. The lowest BCUT2D eigenvalue weighted by molar-refractivity contribution is 0.101. The van der Waals surface area contributed by atoms with Crippen LogP contribution in [0.3, 0.4) is 0 Å². The first-order valence-corrected chi connectivity index (χ1v) is 7.21. The standard InChI is InChI=1S/C17H12N4O3/c22-17(13-10-15(24-21-13)14-5-2-8-23-14)20-12-4-1-3-11(9-12)16-18-6-7-19-16/h1-10H,(H,18,19)(H,20,22). The molecule has 4 aromatic rings. The van der Waals surface area contributed by atoms with Gasteiger partial charge in [0.05, 0.1) is 6.26 Å². The van der Waals surface area contributed by atoms with Crippen molar-refractivity contribution in [2.45, 2.75) is 0 Å². The van der Waals surface area contributed by atoms with Gasteiger partial charge in [0.1, 0.15) is 5.82 Å². The molecule has 7 heteroatoms.